The van der Waals surface area contributed by atoms with Gasteiger partial charge in [-0.3, -0.25) is 0 Å². The summed E-state index contributed by atoms with van der Waals surface area (Å²) in [7, 11) is 0. The van der Waals surface area contributed by atoms with Crippen molar-refractivity contribution in [2.45, 2.75) is 13.0 Å². The van der Waals surface area contributed by atoms with Gasteiger partial charge in [0.15, 0.2) is 0 Å². The van der Waals surface area contributed by atoms with Crippen LogP contribution in [0.25, 0.3) is 5.69 Å². The minimum atomic E-state index is -2.79. The largest absolute Gasteiger partial charge is 0.326 e. The van der Waals surface area contributed by atoms with Crippen molar-refractivity contribution >= 4 is 11.6 Å². The smallest absolute Gasteiger partial charge is 0.299 e. The Bertz CT molecular complexity index is 570. The Kier molecular flexibility index (Phi) is 3.53. The van der Waals surface area contributed by atoms with Crippen molar-refractivity contribution in [3.8, 4) is 5.69 Å². The fourth-order valence-electron chi connectivity index (χ4n) is 1.48. The van der Waals surface area contributed by atoms with E-state index < -0.39 is 18.1 Å². The first-order chi connectivity index (χ1) is 8.54. The molecule has 1 heterocycles. The molecule has 18 heavy (non-hydrogen) atoms. The predicted octanol–water partition coefficient (Wildman–Crippen LogP) is 2.46. The lowest BCUT2D eigenvalue weighted by atomic mass is 10.1. The van der Waals surface area contributed by atoms with E-state index in [9.17, 15) is 13.2 Å². The monoisotopic (exact) mass is 276 g/mol. The van der Waals surface area contributed by atoms with Gasteiger partial charge >= 0.3 is 0 Å². The zero-order valence-corrected chi connectivity index (χ0v) is 9.70. The Morgan fingerprint density at radius 3 is 2.67 bits per heavy atom. The Hall–Kier alpha value is -1.60. The molecule has 0 amide bonds. The summed E-state index contributed by atoms with van der Waals surface area (Å²) in [6, 6.07) is 2.74. The summed E-state index contributed by atoms with van der Waals surface area (Å²) in [5, 5.41) is 3.46. The summed E-state index contributed by atoms with van der Waals surface area (Å²) in [5.41, 5.74) is 5.74. The van der Waals surface area contributed by atoms with Crippen LogP contribution in [0.2, 0.25) is 5.02 Å². The van der Waals surface area contributed by atoms with Crippen LogP contribution in [0.5, 0.6) is 0 Å². The lowest BCUT2D eigenvalue weighted by Crippen LogP contribution is -2.08. The normalized spacial score (nSPS) is 11.2. The molecule has 0 saturated carbocycles. The van der Waals surface area contributed by atoms with Crippen LogP contribution in [0.15, 0.2) is 18.5 Å². The molecule has 1 aromatic carbocycles. The zero-order chi connectivity index (χ0) is 13.3. The molecule has 0 aliphatic heterocycles. The topological polar surface area (TPSA) is 56.7 Å². The highest BCUT2D eigenvalue weighted by Crippen LogP contribution is 2.24. The SMILES string of the molecule is NCc1c(-n2cnc(C(F)F)n2)ccc(Cl)c1F. The number of nitrogens with zero attached hydrogens (tertiary/aromatic N) is 3. The van der Waals surface area contributed by atoms with Gasteiger partial charge < -0.3 is 5.73 Å². The second-order valence-corrected chi connectivity index (χ2v) is 3.82. The number of rotatable bonds is 3. The van der Waals surface area contributed by atoms with Gasteiger partial charge in [-0.15, -0.1) is 5.10 Å². The Morgan fingerprint density at radius 2 is 2.11 bits per heavy atom. The molecule has 0 radical (unpaired) electrons. The molecule has 2 rings (SSSR count). The number of nitrogens with two attached hydrogens (primary N) is 1. The van der Waals surface area contributed by atoms with Gasteiger partial charge in [-0.1, -0.05) is 11.6 Å². The number of benzene rings is 1. The zero-order valence-electron chi connectivity index (χ0n) is 8.95. The molecule has 0 spiro atoms. The third-order valence-electron chi connectivity index (χ3n) is 2.33. The Balaban J connectivity index is 2.53. The van der Waals surface area contributed by atoms with Crippen LogP contribution in [0.3, 0.4) is 0 Å². The number of halogens is 4. The highest BCUT2D eigenvalue weighted by atomic mass is 35.5. The van der Waals surface area contributed by atoms with Crippen LogP contribution in [-0.4, -0.2) is 14.8 Å². The van der Waals surface area contributed by atoms with Gasteiger partial charge in [-0.25, -0.2) is 22.8 Å². The second kappa shape index (κ2) is 4.95. The van der Waals surface area contributed by atoms with Gasteiger partial charge in [0.1, 0.15) is 12.1 Å². The Labute approximate surface area is 105 Å². The van der Waals surface area contributed by atoms with Crippen molar-refractivity contribution in [3.05, 3.63) is 40.7 Å². The third-order valence-corrected chi connectivity index (χ3v) is 2.62. The van der Waals surface area contributed by atoms with Gasteiger partial charge in [0.2, 0.25) is 5.82 Å². The average molecular weight is 277 g/mol. The van der Waals surface area contributed by atoms with Crippen LogP contribution >= 0.6 is 11.6 Å². The van der Waals surface area contributed by atoms with E-state index in [1.54, 1.807) is 0 Å². The van der Waals surface area contributed by atoms with E-state index in [0.717, 1.165) is 11.0 Å². The van der Waals surface area contributed by atoms with E-state index >= 15 is 0 Å². The molecular formula is C10H8ClF3N4. The van der Waals surface area contributed by atoms with Crippen molar-refractivity contribution in [2.24, 2.45) is 5.73 Å². The van der Waals surface area contributed by atoms with Crippen LogP contribution in [0.1, 0.15) is 17.8 Å². The number of aromatic nitrogens is 3. The molecule has 0 unspecified atom stereocenters. The molecule has 0 saturated heterocycles. The summed E-state index contributed by atoms with van der Waals surface area (Å²) in [5.74, 6) is -1.32. The molecule has 1 aromatic heterocycles. The third kappa shape index (κ3) is 2.19. The van der Waals surface area contributed by atoms with E-state index in [1.165, 1.54) is 12.1 Å². The Morgan fingerprint density at radius 1 is 1.39 bits per heavy atom. The van der Waals surface area contributed by atoms with Gasteiger partial charge in [0.25, 0.3) is 6.43 Å². The van der Waals surface area contributed by atoms with Crippen molar-refractivity contribution in [2.75, 3.05) is 0 Å². The molecule has 0 aliphatic carbocycles. The standard InChI is InChI=1S/C10H8ClF3N4/c11-6-1-2-7(5(3-15)8(6)12)18-4-16-10(17-18)9(13)14/h1-2,4,9H,3,15H2. The molecule has 0 bridgehead atoms. The van der Waals surface area contributed by atoms with Crippen molar-refractivity contribution in [1.29, 1.82) is 0 Å². The molecule has 96 valence electrons. The summed E-state index contributed by atoms with van der Waals surface area (Å²) >= 11 is 5.61. The maximum Gasteiger partial charge on any atom is 0.299 e. The highest BCUT2D eigenvalue weighted by molar-refractivity contribution is 6.30. The molecule has 4 nitrogen and oxygen atoms in total. The van der Waals surface area contributed by atoms with Crippen molar-refractivity contribution in [1.82, 2.24) is 14.8 Å². The van der Waals surface area contributed by atoms with E-state index in [2.05, 4.69) is 10.1 Å². The van der Waals surface area contributed by atoms with Crippen molar-refractivity contribution in [3.63, 3.8) is 0 Å². The molecule has 8 heteroatoms. The average Bonchev–Trinajstić information content (AvgIpc) is 2.82. The molecule has 2 N–H and O–H groups in total. The van der Waals surface area contributed by atoms with Gasteiger partial charge in [-0.2, -0.15) is 0 Å². The number of hydrogen-bond acceptors (Lipinski definition) is 3. The van der Waals surface area contributed by atoms with E-state index in [1.807, 2.05) is 0 Å². The quantitative estimate of drug-likeness (QED) is 0.937. The summed E-state index contributed by atoms with van der Waals surface area (Å²) in [6.07, 6.45) is -1.71. The number of hydrogen-bond donors (Lipinski definition) is 1. The molecule has 0 atom stereocenters. The lowest BCUT2D eigenvalue weighted by molar-refractivity contribution is 0.140. The molecule has 2 aromatic rings. The first kappa shape index (κ1) is 12.8. The van der Waals surface area contributed by atoms with E-state index in [0.29, 0.717) is 0 Å². The summed E-state index contributed by atoms with van der Waals surface area (Å²) in [6.45, 7) is -0.133. The molecule has 0 aliphatic rings. The summed E-state index contributed by atoms with van der Waals surface area (Å²) < 4.78 is 39.5. The van der Waals surface area contributed by atoms with Crippen LogP contribution in [0.4, 0.5) is 13.2 Å². The first-order valence-electron chi connectivity index (χ1n) is 4.91. The minimum absolute atomic E-state index is 0.0894. The van der Waals surface area contributed by atoms with E-state index in [-0.39, 0.29) is 22.8 Å². The van der Waals surface area contributed by atoms with Gasteiger partial charge in [-0.05, 0) is 12.1 Å². The van der Waals surface area contributed by atoms with Crippen LogP contribution < -0.4 is 5.73 Å². The van der Waals surface area contributed by atoms with Gasteiger partial charge in [0, 0.05) is 12.1 Å². The van der Waals surface area contributed by atoms with Gasteiger partial charge in [0.05, 0.1) is 10.7 Å². The maximum absolute atomic E-state index is 13.7. The first-order valence-corrected chi connectivity index (χ1v) is 5.29. The maximum atomic E-state index is 13.7. The number of alkyl halides is 2. The summed E-state index contributed by atoms with van der Waals surface area (Å²) in [4.78, 5) is 3.43. The highest BCUT2D eigenvalue weighted by Gasteiger charge is 2.17. The fraction of sp³-hybridized carbons (Fsp3) is 0.200. The van der Waals surface area contributed by atoms with E-state index in [4.69, 9.17) is 17.3 Å². The minimum Gasteiger partial charge on any atom is -0.326 e. The fourth-order valence-corrected chi connectivity index (χ4v) is 1.66. The second-order valence-electron chi connectivity index (χ2n) is 3.41. The molecule has 0 fully saturated rings. The predicted molar refractivity (Wildman–Crippen MR) is 59.2 cm³/mol. The van der Waals surface area contributed by atoms with Crippen molar-refractivity contribution < 1.29 is 13.2 Å². The molecular weight excluding hydrogens is 269 g/mol. The van der Waals surface area contributed by atoms with Crippen LogP contribution in [-0.2, 0) is 6.54 Å². The lowest BCUT2D eigenvalue weighted by Gasteiger charge is -2.09. The van der Waals surface area contributed by atoms with Crippen LogP contribution in [0, 0.1) is 5.82 Å².